The molecule has 184 valence electrons. The maximum absolute atomic E-state index is 12.8. The molecule has 0 saturated carbocycles. The minimum atomic E-state index is -0.165. The van der Waals surface area contributed by atoms with Gasteiger partial charge in [-0.1, -0.05) is 36.4 Å². The van der Waals surface area contributed by atoms with Crippen LogP contribution in [-0.4, -0.2) is 66.8 Å². The smallest absolute Gasteiger partial charge is 0.238 e. The molecule has 8 nitrogen and oxygen atoms in total. The van der Waals surface area contributed by atoms with E-state index in [0.29, 0.717) is 32.7 Å². The predicted molar refractivity (Wildman–Crippen MR) is 136 cm³/mol. The number of para-hydroxylation sites is 2. The zero-order chi connectivity index (χ0) is 25.2. The van der Waals surface area contributed by atoms with Gasteiger partial charge in [-0.2, -0.15) is 5.26 Å². The number of anilines is 2. The second kappa shape index (κ2) is 12.7. The summed E-state index contributed by atoms with van der Waals surface area (Å²) in [4.78, 5) is 43.4. The summed E-state index contributed by atoms with van der Waals surface area (Å²) >= 11 is 0. The van der Waals surface area contributed by atoms with Gasteiger partial charge in [0.1, 0.15) is 0 Å². The van der Waals surface area contributed by atoms with Crippen LogP contribution in [0.1, 0.15) is 30.4 Å². The average molecular weight is 476 g/mol. The van der Waals surface area contributed by atoms with Crippen LogP contribution in [0.15, 0.2) is 48.5 Å². The summed E-state index contributed by atoms with van der Waals surface area (Å²) in [5.74, 6) is -0.293. The Hall–Kier alpha value is -3.70. The number of amides is 3. The van der Waals surface area contributed by atoms with Crippen molar-refractivity contribution in [3.05, 3.63) is 59.7 Å². The van der Waals surface area contributed by atoms with Crippen LogP contribution in [0.4, 0.5) is 11.4 Å². The van der Waals surface area contributed by atoms with Gasteiger partial charge >= 0.3 is 0 Å². The molecule has 0 aromatic heterocycles. The second-order valence-electron chi connectivity index (χ2n) is 8.76. The highest BCUT2D eigenvalue weighted by Gasteiger charge is 2.24. The zero-order valence-corrected chi connectivity index (χ0v) is 20.5. The second-order valence-corrected chi connectivity index (χ2v) is 8.76. The third-order valence-electron chi connectivity index (χ3n) is 6.21. The Labute approximate surface area is 207 Å². The van der Waals surface area contributed by atoms with Gasteiger partial charge in [0.15, 0.2) is 0 Å². The quantitative estimate of drug-likeness (QED) is 0.601. The minimum Gasteiger partial charge on any atom is -0.340 e. The number of nitriles is 1. The van der Waals surface area contributed by atoms with E-state index in [-0.39, 0.29) is 43.5 Å². The van der Waals surface area contributed by atoms with Gasteiger partial charge in [0, 0.05) is 56.9 Å². The number of carbonyl (C=O) groups is 3. The van der Waals surface area contributed by atoms with E-state index in [1.165, 1.54) is 0 Å². The van der Waals surface area contributed by atoms with Crippen LogP contribution in [0, 0.1) is 25.2 Å². The Morgan fingerprint density at radius 2 is 1.60 bits per heavy atom. The van der Waals surface area contributed by atoms with Crippen LogP contribution in [0.25, 0.3) is 0 Å². The van der Waals surface area contributed by atoms with E-state index in [0.717, 1.165) is 22.5 Å². The summed E-state index contributed by atoms with van der Waals surface area (Å²) < 4.78 is 0. The van der Waals surface area contributed by atoms with Crippen molar-refractivity contribution in [2.75, 3.05) is 49.5 Å². The van der Waals surface area contributed by atoms with Crippen LogP contribution in [0.2, 0.25) is 0 Å². The van der Waals surface area contributed by atoms with Crippen molar-refractivity contribution in [2.45, 2.75) is 33.1 Å². The van der Waals surface area contributed by atoms with Crippen molar-refractivity contribution in [3.8, 4) is 6.07 Å². The van der Waals surface area contributed by atoms with Crippen LogP contribution < -0.4 is 10.2 Å². The molecule has 1 aliphatic rings. The molecular formula is C27H33N5O3. The van der Waals surface area contributed by atoms with E-state index in [1.807, 2.05) is 67.3 Å². The first-order valence-electron chi connectivity index (χ1n) is 12.0. The lowest BCUT2D eigenvalue weighted by atomic mass is 10.1. The largest absolute Gasteiger partial charge is 0.340 e. The summed E-state index contributed by atoms with van der Waals surface area (Å²) in [6.45, 7) is 6.80. The van der Waals surface area contributed by atoms with E-state index in [2.05, 4.69) is 11.4 Å². The molecule has 3 rings (SSSR count). The number of hydrogen-bond donors (Lipinski definition) is 1. The highest BCUT2D eigenvalue weighted by molar-refractivity contribution is 5.95. The summed E-state index contributed by atoms with van der Waals surface area (Å²) in [6.07, 6.45) is 0.451. The number of benzene rings is 2. The molecule has 2 aromatic rings. The highest BCUT2D eigenvalue weighted by Crippen LogP contribution is 2.19. The topological polar surface area (TPSA) is 96.8 Å². The normalized spacial score (nSPS) is 13.7. The molecule has 0 aliphatic carbocycles. The van der Waals surface area contributed by atoms with Gasteiger partial charge in [-0.05, 0) is 37.1 Å². The molecule has 1 saturated heterocycles. The van der Waals surface area contributed by atoms with Crippen LogP contribution in [0.5, 0.6) is 0 Å². The Bertz CT molecular complexity index is 1050. The third-order valence-corrected chi connectivity index (χ3v) is 6.21. The molecular weight excluding hydrogens is 442 g/mol. The van der Waals surface area contributed by atoms with Gasteiger partial charge in [0.25, 0.3) is 0 Å². The van der Waals surface area contributed by atoms with Gasteiger partial charge < -0.3 is 15.1 Å². The first kappa shape index (κ1) is 25.9. The molecule has 0 atom stereocenters. The molecule has 0 bridgehead atoms. The Morgan fingerprint density at radius 1 is 0.943 bits per heavy atom. The van der Waals surface area contributed by atoms with Crippen molar-refractivity contribution in [1.29, 1.82) is 5.26 Å². The standard InChI is InChI=1S/C27H33N5O3/c1-21-8-6-9-22(2)27(21)29-24(33)20-30-16-18-31(19-17-30)25(34)12-13-26(35)32(15-7-14-28)23-10-4-3-5-11-23/h3-6,8-11H,7,12-13,15-20H2,1-2H3,(H,29,33). The number of hydrogen-bond acceptors (Lipinski definition) is 5. The molecule has 3 amide bonds. The fourth-order valence-electron chi connectivity index (χ4n) is 4.22. The number of aryl methyl sites for hydroxylation is 2. The first-order valence-corrected chi connectivity index (χ1v) is 12.0. The lowest BCUT2D eigenvalue weighted by Gasteiger charge is -2.34. The van der Waals surface area contributed by atoms with E-state index in [4.69, 9.17) is 5.26 Å². The number of piperazine rings is 1. The third kappa shape index (κ3) is 7.39. The molecule has 0 radical (unpaired) electrons. The first-order chi connectivity index (χ1) is 16.9. The molecule has 1 N–H and O–H groups in total. The van der Waals surface area contributed by atoms with Crippen LogP contribution in [-0.2, 0) is 14.4 Å². The summed E-state index contributed by atoms with van der Waals surface area (Å²) in [5.41, 5.74) is 3.65. The molecule has 8 heteroatoms. The fourth-order valence-corrected chi connectivity index (χ4v) is 4.22. The Morgan fingerprint density at radius 3 is 2.23 bits per heavy atom. The monoisotopic (exact) mass is 475 g/mol. The summed E-state index contributed by atoms with van der Waals surface area (Å²) in [7, 11) is 0. The summed E-state index contributed by atoms with van der Waals surface area (Å²) in [5, 5.41) is 11.9. The van der Waals surface area contributed by atoms with Crippen molar-refractivity contribution in [1.82, 2.24) is 9.80 Å². The van der Waals surface area contributed by atoms with E-state index in [1.54, 1.807) is 9.80 Å². The predicted octanol–water partition coefficient (Wildman–Crippen LogP) is 3.11. The maximum Gasteiger partial charge on any atom is 0.238 e. The maximum atomic E-state index is 12.8. The number of carbonyl (C=O) groups excluding carboxylic acids is 3. The lowest BCUT2D eigenvalue weighted by molar-refractivity contribution is -0.134. The van der Waals surface area contributed by atoms with Crippen molar-refractivity contribution in [2.24, 2.45) is 0 Å². The van der Waals surface area contributed by atoms with Crippen molar-refractivity contribution in [3.63, 3.8) is 0 Å². The van der Waals surface area contributed by atoms with Gasteiger partial charge in [-0.15, -0.1) is 0 Å². The Kier molecular flexibility index (Phi) is 9.39. The number of nitrogens with zero attached hydrogens (tertiary/aromatic N) is 4. The van der Waals surface area contributed by atoms with Gasteiger partial charge in [-0.25, -0.2) is 0 Å². The van der Waals surface area contributed by atoms with E-state index < -0.39 is 0 Å². The molecule has 1 fully saturated rings. The SMILES string of the molecule is Cc1cccc(C)c1NC(=O)CN1CCN(C(=O)CCC(=O)N(CCC#N)c2ccccc2)CC1. The molecule has 1 heterocycles. The number of nitrogens with one attached hydrogen (secondary N) is 1. The molecule has 1 aliphatic heterocycles. The van der Waals surface area contributed by atoms with Gasteiger partial charge in [-0.3, -0.25) is 19.3 Å². The molecule has 2 aromatic carbocycles. The average Bonchev–Trinajstić information content (AvgIpc) is 2.86. The van der Waals surface area contributed by atoms with Gasteiger partial charge in [0.2, 0.25) is 17.7 Å². The fraction of sp³-hybridized carbons (Fsp3) is 0.407. The highest BCUT2D eigenvalue weighted by atomic mass is 16.2. The Balaban J connectivity index is 1.44. The zero-order valence-electron chi connectivity index (χ0n) is 20.5. The van der Waals surface area contributed by atoms with E-state index in [9.17, 15) is 14.4 Å². The number of rotatable bonds is 9. The van der Waals surface area contributed by atoms with Crippen LogP contribution in [0.3, 0.4) is 0 Å². The lowest BCUT2D eigenvalue weighted by Crippen LogP contribution is -2.50. The van der Waals surface area contributed by atoms with Crippen molar-refractivity contribution < 1.29 is 14.4 Å². The molecule has 35 heavy (non-hydrogen) atoms. The van der Waals surface area contributed by atoms with E-state index >= 15 is 0 Å². The van der Waals surface area contributed by atoms with Crippen LogP contribution >= 0.6 is 0 Å². The summed E-state index contributed by atoms with van der Waals surface area (Å²) in [6, 6.07) is 17.2. The van der Waals surface area contributed by atoms with Crippen molar-refractivity contribution >= 4 is 29.1 Å². The molecule has 0 unspecified atom stereocenters. The molecule has 0 spiro atoms. The minimum absolute atomic E-state index is 0.0636. The van der Waals surface area contributed by atoms with Gasteiger partial charge in [0.05, 0.1) is 19.0 Å².